The summed E-state index contributed by atoms with van der Waals surface area (Å²) in [6, 6.07) is 14.1. The van der Waals surface area contributed by atoms with Crippen LogP contribution in [0.15, 0.2) is 42.5 Å². The van der Waals surface area contributed by atoms with E-state index in [0.717, 1.165) is 102 Å². The van der Waals surface area contributed by atoms with E-state index in [2.05, 4.69) is 28.0 Å². The number of carbonyl (C=O) groups excluding carboxylic acids is 2. The van der Waals surface area contributed by atoms with E-state index in [1.807, 2.05) is 34.1 Å². The van der Waals surface area contributed by atoms with E-state index in [4.69, 9.17) is 9.47 Å². The maximum absolute atomic E-state index is 14.0. The molecule has 0 radical (unpaired) electrons. The number of rotatable bonds is 7. The molecule has 3 aliphatic heterocycles. The summed E-state index contributed by atoms with van der Waals surface area (Å²) >= 11 is 0. The molecule has 0 unspecified atom stereocenters. The number of hydrogen-bond acceptors (Lipinski definition) is 6. The summed E-state index contributed by atoms with van der Waals surface area (Å²) in [6.07, 6.45) is 7.76. The Morgan fingerprint density at radius 3 is 2.33 bits per heavy atom. The van der Waals surface area contributed by atoms with Crippen LogP contribution in [0.2, 0.25) is 0 Å². The first-order valence-corrected chi connectivity index (χ1v) is 16.0. The summed E-state index contributed by atoms with van der Waals surface area (Å²) in [6.45, 7) is 11.5. The Morgan fingerprint density at radius 1 is 0.810 bits per heavy atom. The SMILES string of the molecule is CC(=O)N1CCCCCCCN(C(=O)c2cccc(OCCN3CCCC3)c2)Cc2ccc(CN3CCOCC3)cc21. The molecule has 0 spiro atoms. The van der Waals surface area contributed by atoms with Crippen LogP contribution >= 0.6 is 0 Å². The van der Waals surface area contributed by atoms with Crippen LogP contribution in [0.1, 0.15) is 73.4 Å². The molecule has 0 aromatic heterocycles. The van der Waals surface area contributed by atoms with Gasteiger partial charge in [0.25, 0.3) is 5.91 Å². The van der Waals surface area contributed by atoms with E-state index in [1.165, 1.54) is 18.4 Å². The number of benzene rings is 2. The molecule has 3 aliphatic rings. The third kappa shape index (κ3) is 8.55. The van der Waals surface area contributed by atoms with Gasteiger partial charge in [-0.2, -0.15) is 0 Å². The van der Waals surface area contributed by atoms with Crippen LogP contribution < -0.4 is 9.64 Å². The zero-order chi connectivity index (χ0) is 29.1. The molecule has 0 saturated carbocycles. The van der Waals surface area contributed by atoms with Gasteiger partial charge >= 0.3 is 0 Å². The van der Waals surface area contributed by atoms with Gasteiger partial charge in [0, 0.05) is 64.0 Å². The van der Waals surface area contributed by atoms with Crippen LogP contribution in [0.3, 0.4) is 0 Å². The minimum Gasteiger partial charge on any atom is -0.492 e. The highest BCUT2D eigenvalue weighted by Gasteiger charge is 2.23. The van der Waals surface area contributed by atoms with E-state index < -0.39 is 0 Å². The summed E-state index contributed by atoms with van der Waals surface area (Å²) in [5, 5.41) is 0. The number of nitrogens with zero attached hydrogens (tertiary/aromatic N) is 4. The fraction of sp³-hybridized carbons (Fsp3) is 0.588. The molecule has 2 fully saturated rings. The standard InChI is InChI=1S/C34H48N4O4/c1-28(39)38-17-6-4-2-3-5-16-37(27-31-13-12-29(24-33(31)38)26-36-18-21-41-22-19-36)34(40)30-10-9-11-32(25-30)42-23-20-35-14-7-8-15-35/h9-13,24-25H,2-8,14-23,26-27H2,1H3. The Bertz CT molecular complexity index is 1180. The van der Waals surface area contributed by atoms with E-state index in [9.17, 15) is 9.59 Å². The highest BCUT2D eigenvalue weighted by molar-refractivity contribution is 5.95. The number of ether oxygens (including phenoxy) is 2. The number of carbonyl (C=O) groups is 2. The molecular weight excluding hydrogens is 528 g/mol. The second-order valence-electron chi connectivity index (χ2n) is 11.9. The van der Waals surface area contributed by atoms with Gasteiger partial charge in [-0.1, -0.05) is 37.5 Å². The number of amides is 2. The zero-order valence-electron chi connectivity index (χ0n) is 25.4. The molecule has 5 rings (SSSR count). The van der Waals surface area contributed by atoms with E-state index in [-0.39, 0.29) is 11.8 Å². The minimum atomic E-state index is 0.00905. The Hall–Kier alpha value is -2.94. The minimum absolute atomic E-state index is 0.00905. The molecule has 42 heavy (non-hydrogen) atoms. The van der Waals surface area contributed by atoms with Crippen LogP contribution in [0, 0.1) is 0 Å². The lowest BCUT2D eigenvalue weighted by Gasteiger charge is -2.30. The van der Waals surface area contributed by atoms with Gasteiger partial charge < -0.3 is 19.3 Å². The molecule has 0 N–H and O–H groups in total. The van der Waals surface area contributed by atoms with Gasteiger partial charge in [-0.25, -0.2) is 0 Å². The Balaban J connectivity index is 1.36. The first-order chi connectivity index (χ1) is 20.6. The van der Waals surface area contributed by atoms with Crippen molar-refractivity contribution in [2.75, 3.05) is 70.5 Å². The van der Waals surface area contributed by atoms with Gasteiger partial charge in [0.05, 0.1) is 13.2 Å². The Kier molecular flexibility index (Phi) is 11.3. The average molecular weight is 577 g/mol. The lowest BCUT2D eigenvalue weighted by atomic mass is 10.0. The molecular formula is C34H48N4O4. The van der Waals surface area contributed by atoms with Crippen molar-refractivity contribution in [1.82, 2.24) is 14.7 Å². The normalized spacial score (nSPS) is 19.5. The maximum atomic E-state index is 14.0. The summed E-state index contributed by atoms with van der Waals surface area (Å²) in [7, 11) is 0. The van der Waals surface area contributed by atoms with Crippen molar-refractivity contribution < 1.29 is 19.1 Å². The van der Waals surface area contributed by atoms with E-state index >= 15 is 0 Å². The largest absolute Gasteiger partial charge is 0.492 e. The van der Waals surface area contributed by atoms with Gasteiger partial charge in [-0.3, -0.25) is 19.4 Å². The molecule has 8 nitrogen and oxygen atoms in total. The fourth-order valence-corrected chi connectivity index (χ4v) is 6.32. The highest BCUT2D eigenvalue weighted by atomic mass is 16.5. The predicted octanol–water partition coefficient (Wildman–Crippen LogP) is 4.95. The van der Waals surface area contributed by atoms with Crippen molar-refractivity contribution in [3.63, 3.8) is 0 Å². The predicted molar refractivity (Wildman–Crippen MR) is 166 cm³/mol. The van der Waals surface area contributed by atoms with Crippen LogP contribution in [0.4, 0.5) is 5.69 Å². The van der Waals surface area contributed by atoms with Gasteiger partial charge in [-0.05, 0) is 74.2 Å². The van der Waals surface area contributed by atoms with Crippen molar-refractivity contribution in [3.05, 3.63) is 59.2 Å². The first-order valence-electron chi connectivity index (χ1n) is 16.0. The number of likely N-dealkylation sites (tertiary alicyclic amines) is 1. The molecule has 0 aliphatic carbocycles. The maximum Gasteiger partial charge on any atom is 0.254 e. The second kappa shape index (κ2) is 15.5. The fourth-order valence-electron chi connectivity index (χ4n) is 6.32. The van der Waals surface area contributed by atoms with Crippen LogP contribution in [-0.2, 0) is 22.6 Å². The van der Waals surface area contributed by atoms with Crippen molar-refractivity contribution in [1.29, 1.82) is 0 Å². The number of fused-ring (bicyclic) bond motifs is 1. The van der Waals surface area contributed by atoms with Gasteiger partial charge in [0.1, 0.15) is 12.4 Å². The topological polar surface area (TPSA) is 65.6 Å². The van der Waals surface area contributed by atoms with Gasteiger partial charge in [0.2, 0.25) is 5.91 Å². The summed E-state index contributed by atoms with van der Waals surface area (Å²) < 4.78 is 11.6. The van der Waals surface area contributed by atoms with Crippen LogP contribution in [-0.4, -0.2) is 92.1 Å². The van der Waals surface area contributed by atoms with Crippen molar-refractivity contribution >= 4 is 17.5 Å². The molecule has 8 heteroatoms. The van der Waals surface area contributed by atoms with Crippen molar-refractivity contribution in [3.8, 4) is 5.75 Å². The number of hydrogen-bond donors (Lipinski definition) is 0. The third-order valence-corrected chi connectivity index (χ3v) is 8.74. The van der Waals surface area contributed by atoms with Crippen molar-refractivity contribution in [2.45, 2.75) is 65.0 Å². The quantitative estimate of drug-likeness (QED) is 0.465. The second-order valence-corrected chi connectivity index (χ2v) is 11.9. The molecule has 0 bridgehead atoms. The smallest absolute Gasteiger partial charge is 0.254 e. The van der Waals surface area contributed by atoms with E-state index in [1.54, 1.807) is 6.92 Å². The molecule has 228 valence electrons. The molecule has 2 amide bonds. The summed E-state index contributed by atoms with van der Waals surface area (Å²) in [4.78, 5) is 35.6. The average Bonchev–Trinajstić information content (AvgIpc) is 3.52. The lowest BCUT2D eigenvalue weighted by Crippen LogP contribution is -2.36. The molecule has 2 aromatic carbocycles. The molecule has 2 saturated heterocycles. The molecule has 3 heterocycles. The van der Waals surface area contributed by atoms with Crippen LogP contribution in [0.5, 0.6) is 5.75 Å². The number of morpholine rings is 1. The Labute approximate surface area is 251 Å². The highest BCUT2D eigenvalue weighted by Crippen LogP contribution is 2.28. The zero-order valence-corrected chi connectivity index (χ0v) is 25.4. The van der Waals surface area contributed by atoms with Crippen LogP contribution in [0.25, 0.3) is 0 Å². The summed E-state index contributed by atoms with van der Waals surface area (Å²) in [5.74, 6) is 0.800. The monoisotopic (exact) mass is 576 g/mol. The Morgan fingerprint density at radius 2 is 1.55 bits per heavy atom. The summed E-state index contributed by atoms with van der Waals surface area (Å²) in [5.41, 5.74) is 3.79. The van der Waals surface area contributed by atoms with Gasteiger partial charge in [-0.15, -0.1) is 0 Å². The molecule has 2 aromatic rings. The first kappa shape index (κ1) is 30.5. The number of anilines is 1. The molecule has 0 atom stereocenters. The van der Waals surface area contributed by atoms with Gasteiger partial charge in [0.15, 0.2) is 0 Å². The lowest BCUT2D eigenvalue weighted by molar-refractivity contribution is -0.116. The van der Waals surface area contributed by atoms with Crippen molar-refractivity contribution in [2.24, 2.45) is 0 Å². The van der Waals surface area contributed by atoms with E-state index in [0.29, 0.717) is 31.8 Å². The third-order valence-electron chi connectivity index (χ3n) is 8.74.